The van der Waals surface area contributed by atoms with Gasteiger partial charge in [-0.3, -0.25) is 0 Å². The van der Waals surface area contributed by atoms with Crippen molar-refractivity contribution in [3.63, 3.8) is 0 Å². The van der Waals surface area contributed by atoms with Gasteiger partial charge in [-0.2, -0.15) is 0 Å². The van der Waals surface area contributed by atoms with E-state index in [9.17, 15) is 4.79 Å². The second kappa shape index (κ2) is 5.87. The van der Waals surface area contributed by atoms with Gasteiger partial charge < -0.3 is 16.4 Å². The molecule has 1 saturated carbocycles. The van der Waals surface area contributed by atoms with Crippen molar-refractivity contribution in [2.45, 2.75) is 32.2 Å². The van der Waals surface area contributed by atoms with Crippen molar-refractivity contribution >= 4 is 11.7 Å². The molecule has 0 radical (unpaired) electrons. The molecule has 1 unspecified atom stereocenters. The molecular formula is C14H21N3O. The summed E-state index contributed by atoms with van der Waals surface area (Å²) in [6, 6.07) is 7.47. The van der Waals surface area contributed by atoms with Crippen LogP contribution in [-0.2, 0) is 0 Å². The highest BCUT2D eigenvalue weighted by atomic mass is 16.2. The SMILES string of the molecule is CC(N)c1cccc(NC(=O)NCCC2CC2)c1. The molecule has 18 heavy (non-hydrogen) atoms. The standard InChI is InChI=1S/C14H21N3O/c1-10(15)12-3-2-4-13(9-12)17-14(18)16-8-7-11-5-6-11/h2-4,9-11H,5-8,15H2,1H3,(H2,16,17,18). The van der Waals surface area contributed by atoms with E-state index in [0.717, 1.165) is 30.1 Å². The summed E-state index contributed by atoms with van der Waals surface area (Å²) < 4.78 is 0. The number of nitrogens with two attached hydrogens (primary N) is 1. The Balaban J connectivity index is 1.79. The Bertz CT molecular complexity index is 413. The smallest absolute Gasteiger partial charge is 0.319 e. The number of hydrogen-bond donors (Lipinski definition) is 3. The average Bonchev–Trinajstić information content (AvgIpc) is 3.13. The molecule has 0 saturated heterocycles. The molecule has 0 spiro atoms. The van der Waals surface area contributed by atoms with Gasteiger partial charge in [0.25, 0.3) is 0 Å². The van der Waals surface area contributed by atoms with Crippen molar-refractivity contribution in [3.8, 4) is 0 Å². The number of amides is 2. The van der Waals surface area contributed by atoms with Crippen LogP contribution in [-0.4, -0.2) is 12.6 Å². The molecule has 2 rings (SSSR count). The Hall–Kier alpha value is -1.55. The maximum atomic E-state index is 11.6. The van der Waals surface area contributed by atoms with E-state index in [4.69, 9.17) is 5.73 Å². The first-order valence-electron chi connectivity index (χ1n) is 6.55. The summed E-state index contributed by atoms with van der Waals surface area (Å²) in [5.41, 5.74) is 7.61. The molecule has 1 aromatic rings. The van der Waals surface area contributed by atoms with Crippen LogP contribution in [0.2, 0.25) is 0 Å². The maximum Gasteiger partial charge on any atom is 0.319 e. The normalized spacial score (nSPS) is 16.1. The van der Waals surface area contributed by atoms with Gasteiger partial charge in [-0.15, -0.1) is 0 Å². The minimum Gasteiger partial charge on any atom is -0.338 e. The quantitative estimate of drug-likeness (QED) is 0.748. The van der Waals surface area contributed by atoms with Gasteiger partial charge in [-0.05, 0) is 37.0 Å². The van der Waals surface area contributed by atoms with E-state index in [2.05, 4.69) is 10.6 Å². The van der Waals surface area contributed by atoms with E-state index in [1.807, 2.05) is 31.2 Å². The lowest BCUT2D eigenvalue weighted by molar-refractivity contribution is 0.252. The lowest BCUT2D eigenvalue weighted by atomic mass is 10.1. The molecule has 1 fully saturated rings. The van der Waals surface area contributed by atoms with Crippen molar-refractivity contribution in [1.29, 1.82) is 0 Å². The van der Waals surface area contributed by atoms with Gasteiger partial charge in [0.2, 0.25) is 0 Å². The number of benzene rings is 1. The van der Waals surface area contributed by atoms with Crippen molar-refractivity contribution in [2.75, 3.05) is 11.9 Å². The topological polar surface area (TPSA) is 67.1 Å². The molecule has 4 N–H and O–H groups in total. The van der Waals surface area contributed by atoms with Gasteiger partial charge in [0.05, 0.1) is 0 Å². The van der Waals surface area contributed by atoms with Gasteiger partial charge >= 0.3 is 6.03 Å². The van der Waals surface area contributed by atoms with Crippen molar-refractivity contribution in [3.05, 3.63) is 29.8 Å². The second-order valence-electron chi connectivity index (χ2n) is 5.03. The first-order chi connectivity index (χ1) is 8.65. The van der Waals surface area contributed by atoms with Crippen molar-refractivity contribution in [2.24, 2.45) is 11.7 Å². The van der Waals surface area contributed by atoms with Gasteiger partial charge in [0.1, 0.15) is 0 Å². The van der Waals surface area contributed by atoms with Crippen molar-refractivity contribution < 1.29 is 4.79 Å². The molecule has 0 heterocycles. The first kappa shape index (κ1) is 12.9. The van der Waals surface area contributed by atoms with E-state index in [-0.39, 0.29) is 12.1 Å². The zero-order valence-electron chi connectivity index (χ0n) is 10.8. The molecule has 1 aliphatic rings. The van der Waals surface area contributed by atoms with Crippen LogP contribution in [0.1, 0.15) is 37.8 Å². The molecule has 1 aliphatic carbocycles. The highest BCUT2D eigenvalue weighted by molar-refractivity contribution is 5.89. The van der Waals surface area contributed by atoms with Crippen LogP contribution in [0.3, 0.4) is 0 Å². The van der Waals surface area contributed by atoms with Gasteiger partial charge in [-0.1, -0.05) is 25.0 Å². The third-order valence-electron chi connectivity index (χ3n) is 3.21. The fourth-order valence-corrected chi connectivity index (χ4v) is 1.87. The highest BCUT2D eigenvalue weighted by Crippen LogP contribution is 2.31. The van der Waals surface area contributed by atoms with Crippen molar-refractivity contribution in [1.82, 2.24) is 5.32 Å². The largest absolute Gasteiger partial charge is 0.338 e. The zero-order valence-corrected chi connectivity index (χ0v) is 10.8. The summed E-state index contributed by atoms with van der Waals surface area (Å²) in [6.45, 7) is 2.68. The van der Waals surface area contributed by atoms with E-state index < -0.39 is 0 Å². The number of hydrogen-bond acceptors (Lipinski definition) is 2. The van der Waals surface area contributed by atoms with Gasteiger partial charge in [0.15, 0.2) is 0 Å². The molecular weight excluding hydrogens is 226 g/mol. The Labute approximate surface area is 108 Å². The first-order valence-corrected chi connectivity index (χ1v) is 6.55. The molecule has 0 aliphatic heterocycles. The Morgan fingerprint density at radius 2 is 2.28 bits per heavy atom. The molecule has 0 aromatic heterocycles. The second-order valence-corrected chi connectivity index (χ2v) is 5.03. The van der Waals surface area contributed by atoms with E-state index >= 15 is 0 Å². The number of rotatable bonds is 5. The predicted octanol–water partition coefficient (Wildman–Crippen LogP) is 2.63. The molecule has 4 nitrogen and oxygen atoms in total. The fraction of sp³-hybridized carbons (Fsp3) is 0.500. The van der Waals surface area contributed by atoms with Gasteiger partial charge in [-0.25, -0.2) is 4.79 Å². The number of nitrogens with one attached hydrogen (secondary N) is 2. The number of carbonyl (C=O) groups excluding carboxylic acids is 1. The predicted molar refractivity (Wildman–Crippen MR) is 73.4 cm³/mol. The minimum absolute atomic E-state index is 0.0234. The van der Waals surface area contributed by atoms with Crippen LogP contribution in [0.15, 0.2) is 24.3 Å². The van der Waals surface area contributed by atoms with Crippen LogP contribution < -0.4 is 16.4 Å². The monoisotopic (exact) mass is 247 g/mol. The summed E-state index contributed by atoms with van der Waals surface area (Å²) in [4.78, 5) is 11.6. The third-order valence-corrected chi connectivity index (χ3v) is 3.21. The number of carbonyl (C=O) groups is 1. The summed E-state index contributed by atoms with van der Waals surface area (Å²) in [6.07, 6.45) is 3.73. The molecule has 4 heteroatoms. The van der Waals surface area contributed by atoms with E-state index in [1.54, 1.807) is 0 Å². The van der Waals surface area contributed by atoms with Gasteiger partial charge in [0, 0.05) is 18.3 Å². The van der Waals surface area contributed by atoms with Crippen LogP contribution in [0, 0.1) is 5.92 Å². The summed E-state index contributed by atoms with van der Waals surface area (Å²) in [5, 5.41) is 5.70. The molecule has 0 bridgehead atoms. The van der Waals surface area contributed by atoms with Crippen LogP contribution in [0.25, 0.3) is 0 Å². The van der Waals surface area contributed by atoms with Crippen LogP contribution >= 0.6 is 0 Å². The molecule has 1 atom stereocenters. The Morgan fingerprint density at radius 1 is 1.50 bits per heavy atom. The van der Waals surface area contributed by atoms with Crippen LogP contribution in [0.5, 0.6) is 0 Å². The molecule has 2 amide bonds. The minimum atomic E-state index is -0.141. The number of anilines is 1. The molecule has 1 aromatic carbocycles. The summed E-state index contributed by atoms with van der Waals surface area (Å²) in [7, 11) is 0. The fourth-order valence-electron chi connectivity index (χ4n) is 1.87. The zero-order chi connectivity index (χ0) is 13.0. The Kier molecular flexibility index (Phi) is 4.20. The third kappa shape index (κ3) is 4.04. The van der Waals surface area contributed by atoms with E-state index in [1.165, 1.54) is 12.8 Å². The van der Waals surface area contributed by atoms with Crippen LogP contribution in [0.4, 0.5) is 10.5 Å². The summed E-state index contributed by atoms with van der Waals surface area (Å²) >= 11 is 0. The lowest BCUT2D eigenvalue weighted by Crippen LogP contribution is -2.29. The summed E-state index contributed by atoms with van der Waals surface area (Å²) in [5.74, 6) is 0.840. The van der Waals surface area contributed by atoms with E-state index in [0.29, 0.717) is 0 Å². The number of urea groups is 1. The lowest BCUT2D eigenvalue weighted by Gasteiger charge is -2.10. The average molecular weight is 247 g/mol. The maximum absolute atomic E-state index is 11.6. The molecule has 98 valence electrons. The highest BCUT2D eigenvalue weighted by Gasteiger charge is 2.20. The Morgan fingerprint density at radius 3 is 2.94 bits per heavy atom.